The van der Waals surface area contributed by atoms with Gasteiger partial charge < -0.3 is 4.74 Å². The first-order valence-electron chi connectivity index (χ1n) is 7.45. The summed E-state index contributed by atoms with van der Waals surface area (Å²) in [5.74, 6) is -0.314. The molecule has 0 radical (unpaired) electrons. The Bertz CT molecular complexity index is 911. The zero-order valence-electron chi connectivity index (χ0n) is 13.4. The predicted molar refractivity (Wildman–Crippen MR) is 93.8 cm³/mol. The van der Waals surface area contributed by atoms with E-state index < -0.39 is 5.97 Å². The highest BCUT2D eigenvalue weighted by molar-refractivity contribution is 7.98. The second-order valence-corrected chi connectivity index (χ2v) is 6.30. The van der Waals surface area contributed by atoms with Crippen LogP contribution < -0.4 is 0 Å². The lowest BCUT2D eigenvalue weighted by molar-refractivity contribution is 0.0598. The number of ether oxygens (including phenoxy) is 1. The molecule has 0 N–H and O–H groups in total. The molecule has 1 aromatic heterocycles. The van der Waals surface area contributed by atoms with Crippen molar-refractivity contribution in [3.63, 3.8) is 0 Å². The Kier molecular flexibility index (Phi) is 4.81. The molecule has 0 amide bonds. The molecule has 0 atom stereocenters. The van der Waals surface area contributed by atoms with Gasteiger partial charge in [0, 0.05) is 16.0 Å². The van der Waals surface area contributed by atoms with E-state index in [4.69, 9.17) is 4.74 Å². The molecule has 24 heavy (non-hydrogen) atoms. The third-order valence-electron chi connectivity index (χ3n) is 3.82. The van der Waals surface area contributed by atoms with Gasteiger partial charge in [0.25, 0.3) is 0 Å². The normalized spacial score (nSPS) is 10.8. The summed E-state index contributed by atoms with van der Waals surface area (Å²) in [7, 11) is 1.35. The van der Waals surface area contributed by atoms with Gasteiger partial charge in [-0.3, -0.25) is 4.98 Å². The molecule has 0 saturated heterocycles. The van der Waals surface area contributed by atoms with Gasteiger partial charge in [0.1, 0.15) is 5.82 Å². The number of aryl methyl sites for hydroxylation is 1. The van der Waals surface area contributed by atoms with Gasteiger partial charge in [-0.1, -0.05) is 30.3 Å². The Morgan fingerprint density at radius 2 is 1.88 bits per heavy atom. The van der Waals surface area contributed by atoms with Crippen molar-refractivity contribution in [3.05, 3.63) is 71.2 Å². The van der Waals surface area contributed by atoms with Gasteiger partial charge >= 0.3 is 5.97 Å². The third kappa shape index (κ3) is 3.12. The predicted octanol–water partition coefficient (Wildman–Crippen LogP) is 4.76. The van der Waals surface area contributed by atoms with Crippen molar-refractivity contribution >= 4 is 28.6 Å². The molecule has 3 aromatic rings. The van der Waals surface area contributed by atoms with Gasteiger partial charge in [0.05, 0.1) is 23.9 Å². The molecule has 0 saturated carbocycles. The maximum atomic E-state index is 13.8. The van der Waals surface area contributed by atoms with Crippen molar-refractivity contribution in [2.75, 3.05) is 7.11 Å². The molecule has 0 fully saturated rings. The van der Waals surface area contributed by atoms with Crippen molar-refractivity contribution in [1.29, 1.82) is 0 Å². The monoisotopic (exact) mass is 341 g/mol. The van der Waals surface area contributed by atoms with E-state index in [9.17, 15) is 9.18 Å². The number of esters is 1. The molecular formula is C19H16FNO2S. The van der Waals surface area contributed by atoms with E-state index in [0.717, 1.165) is 16.5 Å². The molecule has 3 nitrogen and oxygen atoms in total. The van der Waals surface area contributed by atoms with Crippen LogP contribution in [-0.2, 0) is 10.5 Å². The topological polar surface area (TPSA) is 39.2 Å². The zero-order valence-corrected chi connectivity index (χ0v) is 14.2. The first kappa shape index (κ1) is 16.5. The quantitative estimate of drug-likeness (QED) is 0.506. The zero-order chi connectivity index (χ0) is 17.1. The molecule has 5 heteroatoms. The number of methoxy groups -OCH3 is 1. The van der Waals surface area contributed by atoms with Crippen molar-refractivity contribution in [3.8, 4) is 0 Å². The van der Waals surface area contributed by atoms with Crippen LogP contribution in [0.15, 0.2) is 53.4 Å². The van der Waals surface area contributed by atoms with Crippen molar-refractivity contribution in [1.82, 2.24) is 4.98 Å². The summed E-state index contributed by atoms with van der Waals surface area (Å²) in [6, 6.07) is 14.2. The summed E-state index contributed by atoms with van der Waals surface area (Å²) in [4.78, 5) is 17.4. The Morgan fingerprint density at radius 1 is 1.17 bits per heavy atom. The summed E-state index contributed by atoms with van der Waals surface area (Å²) in [5.41, 5.74) is 2.70. The molecule has 122 valence electrons. The minimum atomic E-state index is -0.421. The highest BCUT2D eigenvalue weighted by Gasteiger charge is 2.19. The fourth-order valence-corrected chi connectivity index (χ4v) is 3.51. The molecule has 0 bridgehead atoms. The molecule has 3 rings (SSSR count). The highest BCUT2D eigenvalue weighted by Crippen LogP contribution is 2.30. The number of carbonyl (C=O) groups is 1. The van der Waals surface area contributed by atoms with E-state index in [2.05, 4.69) is 4.98 Å². The van der Waals surface area contributed by atoms with Gasteiger partial charge in [0.15, 0.2) is 0 Å². The van der Waals surface area contributed by atoms with Crippen LogP contribution in [0.25, 0.3) is 10.9 Å². The van der Waals surface area contributed by atoms with Crippen LogP contribution in [0.4, 0.5) is 4.39 Å². The van der Waals surface area contributed by atoms with Gasteiger partial charge in [0.2, 0.25) is 0 Å². The van der Waals surface area contributed by atoms with Crippen LogP contribution in [-0.4, -0.2) is 18.1 Å². The maximum absolute atomic E-state index is 13.8. The Morgan fingerprint density at radius 3 is 2.62 bits per heavy atom. The van der Waals surface area contributed by atoms with E-state index >= 15 is 0 Å². The van der Waals surface area contributed by atoms with Crippen LogP contribution in [0.5, 0.6) is 0 Å². The van der Waals surface area contributed by atoms with Gasteiger partial charge in [-0.15, -0.1) is 11.8 Å². The lowest BCUT2D eigenvalue weighted by Crippen LogP contribution is -2.10. The van der Waals surface area contributed by atoms with Crippen molar-refractivity contribution in [2.24, 2.45) is 0 Å². The fourth-order valence-electron chi connectivity index (χ4n) is 2.63. The number of thioether (sulfide) groups is 1. The van der Waals surface area contributed by atoms with Crippen molar-refractivity contribution in [2.45, 2.75) is 17.6 Å². The molecule has 0 aliphatic heterocycles. The van der Waals surface area contributed by atoms with E-state index in [0.29, 0.717) is 21.9 Å². The van der Waals surface area contributed by atoms with E-state index in [-0.39, 0.29) is 5.82 Å². The number of hydrogen-bond donors (Lipinski definition) is 0. The largest absolute Gasteiger partial charge is 0.465 e. The van der Waals surface area contributed by atoms with Crippen LogP contribution in [0, 0.1) is 12.7 Å². The minimum absolute atomic E-state index is 0.278. The summed E-state index contributed by atoms with van der Waals surface area (Å²) in [6.45, 7) is 1.88. The average molecular weight is 341 g/mol. The molecule has 1 heterocycles. The fraction of sp³-hybridized carbons (Fsp3) is 0.158. The SMILES string of the molecule is COC(=O)c1c(CSc2ccccc2F)nc2ccccc2c1C. The van der Waals surface area contributed by atoms with Crippen molar-refractivity contribution < 1.29 is 13.9 Å². The molecule has 0 aliphatic rings. The van der Waals surface area contributed by atoms with Crippen LogP contribution >= 0.6 is 11.8 Å². The Labute approximate surface area is 143 Å². The van der Waals surface area contributed by atoms with Crippen LogP contribution in [0.2, 0.25) is 0 Å². The summed E-state index contributed by atoms with van der Waals surface area (Å²) in [6.07, 6.45) is 0. The highest BCUT2D eigenvalue weighted by atomic mass is 32.2. The van der Waals surface area contributed by atoms with Gasteiger partial charge in [-0.05, 0) is 30.7 Å². The number of rotatable bonds is 4. The summed E-state index contributed by atoms with van der Waals surface area (Å²) >= 11 is 1.31. The second kappa shape index (κ2) is 7.01. The summed E-state index contributed by atoms with van der Waals surface area (Å²) in [5, 5.41) is 0.914. The number of halogens is 1. The number of nitrogens with zero attached hydrogens (tertiary/aromatic N) is 1. The van der Waals surface area contributed by atoms with E-state index in [1.165, 1.54) is 24.9 Å². The smallest absolute Gasteiger partial charge is 0.340 e. The number of hydrogen-bond acceptors (Lipinski definition) is 4. The standard InChI is InChI=1S/C19H16FNO2S/c1-12-13-7-3-5-9-15(13)21-16(18(12)19(22)23-2)11-24-17-10-6-4-8-14(17)20/h3-10H,11H2,1-2H3. The Hall–Kier alpha value is -2.40. The number of para-hydroxylation sites is 1. The number of pyridine rings is 1. The summed E-state index contributed by atoms with van der Waals surface area (Å²) < 4.78 is 18.7. The first-order chi connectivity index (χ1) is 11.6. The van der Waals surface area contributed by atoms with Crippen LogP contribution in [0.3, 0.4) is 0 Å². The number of aromatic nitrogens is 1. The van der Waals surface area contributed by atoms with Crippen LogP contribution in [0.1, 0.15) is 21.6 Å². The third-order valence-corrected chi connectivity index (χ3v) is 4.88. The average Bonchev–Trinajstić information content (AvgIpc) is 2.60. The number of carbonyl (C=O) groups excluding carboxylic acids is 1. The maximum Gasteiger partial charge on any atom is 0.340 e. The number of benzene rings is 2. The molecule has 2 aromatic carbocycles. The minimum Gasteiger partial charge on any atom is -0.465 e. The van der Waals surface area contributed by atoms with E-state index in [1.54, 1.807) is 18.2 Å². The second-order valence-electron chi connectivity index (χ2n) is 5.29. The molecular weight excluding hydrogens is 325 g/mol. The first-order valence-corrected chi connectivity index (χ1v) is 8.44. The Balaban J connectivity index is 2.05. The van der Waals surface area contributed by atoms with Gasteiger partial charge in [-0.25, -0.2) is 9.18 Å². The lowest BCUT2D eigenvalue weighted by atomic mass is 10.0. The lowest BCUT2D eigenvalue weighted by Gasteiger charge is -2.13. The molecule has 0 aliphatic carbocycles. The number of fused-ring (bicyclic) bond motifs is 1. The molecule has 0 unspecified atom stereocenters. The van der Waals surface area contributed by atoms with Gasteiger partial charge in [-0.2, -0.15) is 0 Å². The van der Waals surface area contributed by atoms with E-state index in [1.807, 2.05) is 31.2 Å². The molecule has 0 spiro atoms.